The zero-order valence-corrected chi connectivity index (χ0v) is 21.8. The first-order valence-electron chi connectivity index (χ1n) is 13.4. The van der Waals surface area contributed by atoms with E-state index in [9.17, 15) is 0 Å². The van der Waals surface area contributed by atoms with E-state index < -0.39 is 0 Å². The van der Waals surface area contributed by atoms with E-state index in [4.69, 9.17) is 0 Å². The Morgan fingerprint density at radius 1 is 0.410 bits per heavy atom. The van der Waals surface area contributed by atoms with Gasteiger partial charge in [0, 0.05) is 12.7 Å². The van der Waals surface area contributed by atoms with Crippen LogP contribution >= 0.6 is 0 Å². The maximum Gasteiger partial charge on any atom is 0.0619 e. The highest BCUT2D eigenvalue weighted by molar-refractivity contribution is 6.21. The van der Waals surface area contributed by atoms with E-state index in [2.05, 4.69) is 138 Å². The molecule has 0 bridgehead atoms. The second kappa shape index (κ2) is 9.66. The van der Waals surface area contributed by atoms with Crippen molar-refractivity contribution in [2.24, 2.45) is 0 Å². The van der Waals surface area contributed by atoms with Crippen LogP contribution in [-0.4, -0.2) is 7.05 Å². The summed E-state index contributed by atoms with van der Waals surface area (Å²) < 4.78 is 0. The van der Waals surface area contributed by atoms with Gasteiger partial charge in [-0.25, -0.2) is 0 Å². The molecular formula is C37H28N2. The predicted molar refractivity (Wildman–Crippen MR) is 169 cm³/mol. The highest BCUT2D eigenvalue weighted by atomic mass is 14.9. The summed E-state index contributed by atoms with van der Waals surface area (Å²) in [5, 5.41) is 14.4. The largest absolute Gasteiger partial charge is 0.386 e. The second-order valence-corrected chi connectivity index (χ2v) is 9.90. The molecule has 0 radical (unpaired) electrons. The van der Waals surface area contributed by atoms with Crippen LogP contribution in [0.15, 0.2) is 140 Å². The molecule has 2 nitrogen and oxygen atoms in total. The van der Waals surface area contributed by atoms with E-state index in [0.29, 0.717) is 0 Å². The lowest BCUT2D eigenvalue weighted by molar-refractivity contribution is 1.48. The average molecular weight is 501 g/mol. The lowest BCUT2D eigenvalue weighted by Crippen LogP contribution is -1.96. The lowest BCUT2D eigenvalue weighted by Gasteiger charge is -2.18. The molecule has 0 fully saturated rings. The average Bonchev–Trinajstić information content (AvgIpc) is 3.00. The molecule has 2 heteroatoms. The monoisotopic (exact) mass is 500 g/mol. The number of hydrogen-bond acceptors (Lipinski definition) is 2. The molecule has 0 atom stereocenters. The molecule has 7 aromatic rings. The van der Waals surface area contributed by atoms with Gasteiger partial charge < -0.3 is 10.6 Å². The van der Waals surface area contributed by atoms with Crippen molar-refractivity contribution >= 4 is 49.4 Å². The number of nitrogens with one attached hydrogen (secondary N) is 2. The Kier molecular flexibility index (Phi) is 5.71. The van der Waals surface area contributed by atoms with Crippen molar-refractivity contribution in [1.82, 2.24) is 0 Å². The van der Waals surface area contributed by atoms with Gasteiger partial charge in [0.05, 0.1) is 11.4 Å². The van der Waals surface area contributed by atoms with Crippen molar-refractivity contribution in [3.05, 3.63) is 140 Å². The van der Waals surface area contributed by atoms with Crippen molar-refractivity contribution < 1.29 is 0 Å². The molecular weight excluding hydrogens is 472 g/mol. The predicted octanol–water partition coefficient (Wildman–Crippen LogP) is 10.3. The van der Waals surface area contributed by atoms with Gasteiger partial charge in [0.1, 0.15) is 0 Å². The molecule has 39 heavy (non-hydrogen) atoms. The topological polar surface area (TPSA) is 24.1 Å². The minimum Gasteiger partial charge on any atom is -0.386 e. The van der Waals surface area contributed by atoms with Gasteiger partial charge >= 0.3 is 0 Å². The third-order valence-corrected chi connectivity index (χ3v) is 7.62. The highest BCUT2D eigenvalue weighted by Gasteiger charge is 2.16. The van der Waals surface area contributed by atoms with Crippen LogP contribution < -0.4 is 10.6 Å². The van der Waals surface area contributed by atoms with Gasteiger partial charge in [0.15, 0.2) is 0 Å². The van der Waals surface area contributed by atoms with Crippen LogP contribution in [0.3, 0.4) is 0 Å². The summed E-state index contributed by atoms with van der Waals surface area (Å²) in [6.07, 6.45) is 0. The summed E-state index contributed by atoms with van der Waals surface area (Å²) in [6, 6.07) is 50.1. The van der Waals surface area contributed by atoms with Gasteiger partial charge in [-0.2, -0.15) is 0 Å². The zero-order valence-electron chi connectivity index (χ0n) is 21.8. The lowest BCUT2D eigenvalue weighted by atomic mass is 9.85. The molecule has 0 saturated carbocycles. The highest BCUT2D eigenvalue weighted by Crippen LogP contribution is 2.44. The molecule has 0 unspecified atom stereocenters. The smallest absolute Gasteiger partial charge is 0.0619 e. The van der Waals surface area contributed by atoms with Crippen LogP contribution in [-0.2, 0) is 0 Å². The quantitative estimate of drug-likeness (QED) is 0.230. The molecule has 7 aromatic carbocycles. The summed E-state index contributed by atoms with van der Waals surface area (Å²) in [7, 11) is 1.95. The third-order valence-electron chi connectivity index (χ3n) is 7.62. The fraction of sp³-hybridized carbons (Fsp3) is 0.0270. The fourth-order valence-electron chi connectivity index (χ4n) is 5.78. The molecule has 0 spiro atoms. The van der Waals surface area contributed by atoms with Gasteiger partial charge in [-0.05, 0) is 84.9 Å². The fourth-order valence-corrected chi connectivity index (χ4v) is 5.78. The van der Waals surface area contributed by atoms with Crippen LogP contribution in [0.5, 0.6) is 0 Å². The van der Waals surface area contributed by atoms with Gasteiger partial charge in [-0.15, -0.1) is 0 Å². The maximum absolute atomic E-state index is 3.56. The molecule has 0 aromatic heterocycles. The zero-order chi connectivity index (χ0) is 26.2. The summed E-state index contributed by atoms with van der Waals surface area (Å²) in [6.45, 7) is 0. The summed E-state index contributed by atoms with van der Waals surface area (Å²) >= 11 is 0. The van der Waals surface area contributed by atoms with E-state index in [1.807, 2.05) is 19.2 Å². The molecule has 0 saturated heterocycles. The van der Waals surface area contributed by atoms with Crippen LogP contribution in [0.1, 0.15) is 0 Å². The molecule has 0 aliphatic heterocycles. The van der Waals surface area contributed by atoms with E-state index in [0.717, 1.165) is 17.1 Å². The van der Waals surface area contributed by atoms with E-state index in [1.54, 1.807) is 0 Å². The molecule has 0 aliphatic carbocycles. The summed E-state index contributed by atoms with van der Waals surface area (Å²) in [5.74, 6) is 0. The summed E-state index contributed by atoms with van der Waals surface area (Å²) in [4.78, 5) is 0. The van der Waals surface area contributed by atoms with Gasteiger partial charge in [-0.1, -0.05) is 109 Å². The molecule has 2 N–H and O–H groups in total. The van der Waals surface area contributed by atoms with Crippen molar-refractivity contribution in [2.45, 2.75) is 0 Å². The van der Waals surface area contributed by atoms with Gasteiger partial charge in [-0.3, -0.25) is 0 Å². The van der Waals surface area contributed by atoms with Gasteiger partial charge in [0.2, 0.25) is 0 Å². The number of rotatable bonds is 5. The van der Waals surface area contributed by atoms with E-state index in [-0.39, 0.29) is 0 Å². The minimum atomic E-state index is 1.06. The van der Waals surface area contributed by atoms with Crippen LogP contribution in [0.2, 0.25) is 0 Å². The molecule has 0 amide bonds. The second-order valence-electron chi connectivity index (χ2n) is 9.90. The molecule has 186 valence electrons. The van der Waals surface area contributed by atoms with Crippen LogP contribution in [0, 0.1) is 0 Å². The van der Waals surface area contributed by atoms with Crippen LogP contribution in [0.4, 0.5) is 17.1 Å². The first kappa shape index (κ1) is 23.1. The Hall–Kier alpha value is -5.08. The van der Waals surface area contributed by atoms with Crippen molar-refractivity contribution in [3.63, 3.8) is 0 Å². The minimum absolute atomic E-state index is 1.06. The summed E-state index contributed by atoms with van der Waals surface area (Å²) in [5.41, 5.74) is 8.20. The van der Waals surface area contributed by atoms with E-state index in [1.165, 1.54) is 54.6 Å². The van der Waals surface area contributed by atoms with Gasteiger partial charge in [0.25, 0.3) is 0 Å². The number of benzene rings is 7. The van der Waals surface area contributed by atoms with Crippen LogP contribution in [0.25, 0.3) is 54.6 Å². The Balaban J connectivity index is 1.41. The number of anilines is 3. The molecule has 0 aliphatic rings. The third kappa shape index (κ3) is 4.07. The number of para-hydroxylation sites is 2. The maximum atomic E-state index is 3.56. The Morgan fingerprint density at radius 2 is 0.897 bits per heavy atom. The first-order valence-corrected chi connectivity index (χ1v) is 13.4. The Bertz CT molecular complexity index is 1910. The SMILES string of the molecule is CNc1ccccc1Nc1ccc(-c2c3ccccc3c(-c3ccc4ccccc4c3)c3ccccc23)cc1. The number of hydrogen-bond donors (Lipinski definition) is 2. The number of fused-ring (bicyclic) bond motifs is 3. The molecule has 0 heterocycles. The standard InChI is InChI=1S/C37H28N2/c1-38-34-16-8-9-17-35(34)39-29-22-20-26(21-23-29)36-30-12-4-6-14-32(30)37(33-15-7-5-13-31(33)36)28-19-18-25-10-2-3-11-27(25)24-28/h2-24,38-39H,1H3. The Morgan fingerprint density at radius 3 is 1.51 bits per heavy atom. The molecule has 7 rings (SSSR count). The van der Waals surface area contributed by atoms with Crippen molar-refractivity contribution in [2.75, 3.05) is 17.7 Å². The van der Waals surface area contributed by atoms with E-state index >= 15 is 0 Å². The Labute approximate surface area is 228 Å². The normalized spacial score (nSPS) is 11.2. The van der Waals surface area contributed by atoms with Crippen molar-refractivity contribution in [3.8, 4) is 22.3 Å². The first-order chi connectivity index (χ1) is 19.3. The van der Waals surface area contributed by atoms with Crippen molar-refractivity contribution in [1.29, 1.82) is 0 Å².